The number of hydrogen-bond donors (Lipinski definition) is 0. The van der Waals surface area contributed by atoms with Crippen molar-refractivity contribution in [2.45, 2.75) is 19.4 Å². The van der Waals surface area contributed by atoms with Crippen molar-refractivity contribution >= 4 is 5.78 Å². The van der Waals surface area contributed by atoms with E-state index in [1.54, 1.807) is 0 Å². The van der Waals surface area contributed by atoms with Crippen LogP contribution in [0.1, 0.15) is 12.5 Å². The van der Waals surface area contributed by atoms with Crippen LogP contribution >= 0.6 is 0 Å². The van der Waals surface area contributed by atoms with Crippen LogP contribution in [-0.4, -0.2) is 36.1 Å². The molecule has 0 amide bonds. The van der Waals surface area contributed by atoms with Gasteiger partial charge in [-0.2, -0.15) is 9.97 Å². The first-order valence-corrected chi connectivity index (χ1v) is 6.80. The zero-order valence-electron chi connectivity index (χ0n) is 12.8. The minimum absolute atomic E-state index is 0.0485. The first kappa shape index (κ1) is 15.8. The second-order valence-corrected chi connectivity index (χ2v) is 4.64. The third-order valence-corrected chi connectivity index (χ3v) is 3.04. The largest absolute Gasteiger partial charge is 0.481 e. The normalized spacial score (nSPS) is 11.6. The molecule has 6 heteroatoms. The first-order valence-electron chi connectivity index (χ1n) is 6.80. The number of benzene rings is 1. The lowest BCUT2D eigenvalue weighted by atomic mass is 10.1. The van der Waals surface area contributed by atoms with E-state index in [2.05, 4.69) is 9.97 Å². The van der Waals surface area contributed by atoms with Crippen molar-refractivity contribution in [3.63, 3.8) is 0 Å². The van der Waals surface area contributed by atoms with E-state index in [4.69, 9.17) is 14.2 Å². The quantitative estimate of drug-likeness (QED) is 0.780. The number of Topliss-reactive ketones (excluding diaryl/α,β-unsaturated/α-hetero) is 1. The van der Waals surface area contributed by atoms with Crippen LogP contribution in [0.4, 0.5) is 0 Å². The predicted molar refractivity (Wildman–Crippen MR) is 80.4 cm³/mol. The molecule has 0 N–H and O–H groups in total. The van der Waals surface area contributed by atoms with Gasteiger partial charge in [-0.15, -0.1) is 0 Å². The Hall–Kier alpha value is -2.63. The molecule has 22 heavy (non-hydrogen) atoms. The highest BCUT2D eigenvalue weighted by Crippen LogP contribution is 2.20. The van der Waals surface area contributed by atoms with Gasteiger partial charge in [-0.1, -0.05) is 30.3 Å². The fourth-order valence-corrected chi connectivity index (χ4v) is 1.87. The Kier molecular flexibility index (Phi) is 5.30. The van der Waals surface area contributed by atoms with Gasteiger partial charge < -0.3 is 14.2 Å². The Bertz CT molecular complexity index is 609. The zero-order valence-corrected chi connectivity index (χ0v) is 12.8. The number of carbonyl (C=O) groups excluding carboxylic acids is 1. The SMILES string of the molecule is COc1cc(OC)nc(OC(Cc2ccccc2)C(C)=O)n1. The smallest absolute Gasteiger partial charge is 0.323 e. The second kappa shape index (κ2) is 7.40. The molecular formula is C16H18N2O4. The molecule has 1 unspecified atom stereocenters. The van der Waals surface area contributed by atoms with Crippen LogP contribution in [0.2, 0.25) is 0 Å². The molecule has 0 fully saturated rings. The highest BCUT2D eigenvalue weighted by atomic mass is 16.5. The van der Waals surface area contributed by atoms with Crippen molar-refractivity contribution in [3.05, 3.63) is 42.0 Å². The molecular weight excluding hydrogens is 284 g/mol. The average molecular weight is 302 g/mol. The van der Waals surface area contributed by atoms with Crippen LogP contribution in [0, 0.1) is 0 Å². The van der Waals surface area contributed by atoms with Crippen LogP contribution in [-0.2, 0) is 11.2 Å². The summed E-state index contributed by atoms with van der Waals surface area (Å²) in [4.78, 5) is 20.0. The summed E-state index contributed by atoms with van der Waals surface area (Å²) in [6.07, 6.45) is -0.224. The number of rotatable bonds is 7. The van der Waals surface area contributed by atoms with E-state index in [1.165, 1.54) is 27.2 Å². The Morgan fingerprint density at radius 2 is 1.68 bits per heavy atom. The summed E-state index contributed by atoms with van der Waals surface area (Å²) in [5.41, 5.74) is 0.998. The van der Waals surface area contributed by atoms with E-state index in [9.17, 15) is 4.79 Å². The molecule has 0 bridgehead atoms. The second-order valence-electron chi connectivity index (χ2n) is 4.64. The number of ether oxygens (including phenoxy) is 3. The number of ketones is 1. The van der Waals surface area contributed by atoms with Gasteiger partial charge in [0.25, 0.3) is 0 Å². The minimum atomic E-state index is -0.667. The standard InChI is InChI=1S/C16H18N2O4/c1-11(19)13(9-12-7-5-4-6-8-12)22-16-17-14(20-2)10-15(18-16)21-3/h4-8,10,13H,9H2,1-3H3. The molecule has 1 aromatic heterocycles. The third kappa shape index (κ3) is 4.18. The number of carbonyl (C=O) groups is 1. The van der Waals surface area contributed by atoms with E-state index in [1.807, 2.05) is 30.3 Å². The van der Waals surface area contributed by atoms with E-state index in [0.717, 1.165) is 5.56 Å². The fraction of sp³-hybridized carbons (Fsp3) is 0.312. The van der Waals surface area contributed by atoms with Crippen molar-refractivity contribution in [3.8, 4) is 17.8 Å². The molecule has 0 radical (unpaired) electrons. The highest BCUT2D eigenvalue weighted by Gasteiger charge is 2.19. The fourth-order valence-electron chi connectivity index (χ4n) is 1.87. The summed E-state index contributed by atoms with van der Waals surface area (Å²) in [7, 11) is 2.97. The molecule has 0 spiro atoms. The Balaban J connectivity index is 2.19. The molecule has 1 atom stereocenters. The molecule has 116 valence electrons. The van der Waals surface area contributed by atoms with Gasteiger partial charge in [-0.25, -0.2) is 0 Å². The lowest BCUT2D eigenvalue weighted by Gasteiger charge is -2.16. The molecule has 2 aromatic rings. The van der Waals surface area contributed by atoms with Crippen LogP contribution in [0.5, 0.6) is 17.8 Å². The molecule has 0 saturated heterocycles. The Labute approximate surface area is 129 Å². The molecule has 1 heterocycles. The maximum atomic E-state index is 11.8. The molecule has 6 nitrogen and oxygen atoms in total. The number of aromatic nitrogens is 2. The van der Waals surface area contributed by atoms with Crippen LogP contribution in [0.3, 0.4) is 0 Å². The summed E-state index contributed by atoms with van der Waals surface area (Å²) < 4.78 is 15.8. The topological polar surface area (TPSA) is 70.5 Å². The van der Waals surface area contributed by atoms with Crippen molar-refractivity contribution in [2.75, 3.05) is 14.2 Å². The summed E-state index contributed by atoms with van der Waals surface area (Å²) in [5.74, 6) is 0.516. The van der Waals surface area contributed by atoms with Crippen molar-refractivity contribution < 1.29 is 19.0 Å². The summed E-state index contributed by atoms with van der Waals surface area (Å²) in [6.45, 7) is 1.48. The maximum absolute atomic E-state index is 11.8. The van der Waals surface area contributed by atoms with E-state index in [0.29, 0.717) is 18.2 Å². The van der Waals surface area contributed by atoms with Crippen molar-refractivity contribution in [1.82, 2.24) is 9.97 Å². The highest BCUT2D eigenvalue weighted by molar-refractivity contribution is 5.81. The van der Waals surface area contributed by atoms with Gasteiger partial charge in [-0.3, -0.25) is 4.79 Å². The number of hydrogen-bond acceptors (Lipinski definition) is 6. The zero-order chi connectivity index (χ0) is 15.9. The van der Waals surface area contributed by atoms with Gasteiger partial charge in [-0.05, 0) is 12.5 Å². The third-order valence-electron chi connectivity index (χ3n) is 3.04. The molecule has 0 saturated carbocycles. The van der Waals surface area contributed by atoms with Gasteiger partial charge in [0.2, 0.25) is 11.8 Å². The van der Waals surface area contributed by atoms with Crippen LogP contribution in [0.15, 0.2) is 36.4 Å². The monoisotopic (exact) mass is 302 g/mol. The van der Waals surface area contributed by atoms with Gasteiger partial charge in [0.1, 0.15) is 0 Å². The molecule has 0 aliphatic carbocycles. The van der Waals surface area contributed by atoms with E-state index < -0.39 is 6.10 Å². The van der Waals surface area contributed by atoms with Gasteiger partial charge in [0, 0.05) is 6.42 Å². The van der Waals surface area contributed by atoms with E-state index in [-0.39, 0.29) is 11.8 Å². The average Bonchev–Trinajstić information content (AvgIpc) is 2.54. The van der Waals surface area contributed by atoms with Crippen LogP contribution < -0.4 is 14.2 Å². The minimum Gasteiger partial charge on any atom is -0.481 e. The van der Waals surface area contributed by atoms with Crippen molar-refractivity contribution in [2.24, 2.45) is 0 Å². The Morgan fingerprint density at radius 3 is 2.18 bits per heavy atom. The molecule has 1 aromatic carbocycles. The number of methoxy groups -OCH3 is 2. The maximum Gasteiger partial charge on any atom is 0.323 e. The lowest BCUT2D eigenvalue weighted by Crippen LogP contribution is -2.28. The predicted octanol–water partition coefficient (Wildman–Crippen LogP) is 2.07. The van der Waals surface area contributed by atoms with Gasteiger partial charge >= 0.3 is 6.01 Å². The summed E-state index contributed by atoms with van der Waals surface area (Å²) in [5, 5.41) is 0. The van der Waals surface area contributed by atoms with Crippen molar-refractivity contribution in [1.29, 1.82) is 0 Å². The Morgan fingerprint density at radius 1 is 1.09 bits per heavy atom. The van der Waals surface area contributed by atoms with E-state index >= 15 is 0 Å². The molecule has 0 aliphatic heterocycles. The molecule has 0 aliphatic rings. The lowest BCUT2D eigenvalue weighted by molar-refractivity contribution is -0.123. The number of nitrogens with zero attached hydrogens (tertiary/aromatic N) is 2. The first-order chi connectivity index (χ1) is 10.6. The summed E-state index contributed by atoms with van der Waals surface area (Å²) >= 11 is 0. The summed E-state index contributed by atoms with van der Waals surface area (Å²) in [6, 6.07) is 11.2. The van der Waals surface area contributed by atoms with Crippen LogP contribution in [0.25, 0.3) is 0 Å². The van der Waals surface area contributed by atoms with Gasteiger partial charge in [0.05, 0.1) is 20.3 Å². The molecule has 2 rings (SSSR count). The van der Waals surface area contributed by atoms with Gasteiger partial charge in [0.15, 0.2) is 11.9 Å².